The molecule has 110 valence electrons. The highest BCUT2D eigenvalue weighted by Gasteiger charge is 2.42. The second-order valence-corrected chi connectivity index (χ2v) is 5.97. The van der Waals surface area contributed by atoms with Crippen LogP contribution >= 0.6 is 0 Å². The van der Waals surface area contributed by atoms with Crippen LogP contribution in [0.3, 0.4) is 0 Å². The molecule has 0 bridgehead atoms. The standard InChI is InChI=1S/C15H24N4O/c1-4-5-20-14-6-10(2)17-15(18-14)19-9-12-7-16-8-13(12)11(19)3/h6,11-13,16H,4-5,7-9H2,1-3H3. The number of hydrogen-bond acceptors (Lipinski definition) is 5. The van der Waals surface area contributed by atoms with Crippen LogP contribution in [0.1, 0.15) is 26.0 Å². The summed E-state index contributed by atoms with van der Waals surface area (Å²) in [6, 6.07) is 2.42. The summed E-state index contributed by atoms with van der Waals surface area (Å²) in [6.07, 6.45) is 0.994. The van der Waals surface area contributed by atoms with E-state index in [-0.39, 0.29) is 0 Å². The number of nitrogens with one attached hydrogen (secondary N) is 1. The van der Waals surface area contributed by atoms with Crippen LogP contribution in [0.25, 0.3) is 0 Å². The van der Waals surface area contributed by atoms with E-state index in [1.54, 1.807) is 0 Å². The maximum absolute atomic E-state index is 5.68. The molecule has 5 nitrogen and oxygen atoms in total. The second-order valence-electron chi connectivity index (χ2n) is 5.97. The van der Waals surface area contributed by atoms with E-state index in [4.69, 9.17) is 4.74 Å². The molecular formula is C15H24N4O. The molecule has 5 heteroatoms. The smallest absolute Gasteiger partial charge is 0.229 e. The average Bonchev–Trinajstić information content (AvgIpc) is 2.99. The minimum atomic E-state index is 0.496. The highest BCUT2D eigenvalue weighted by atomic mass is 16.5. The SMILES string of the molecule is CCCOc1cc(C)nc(N2CC3CNCC3C2C)n1. The molecule has 0 saturated carbocycles. The van der Waals surface area contributed by atoms with Crippen molar-refractivity contribution in [1.29, 1.82) is 0 Å². The van der Waals surface area contributed by atoms with Crippen molar-refractivity contribution in [3.8, 4) is 5.88 Å². The highest BCUT2D eigenvalue weighted by Crippen LogP contribution is 2.34. The second kappa shape index (κ2) is 5.56. The molecule has 2 aliphatic heterocycles. The van der Waals surface area contributed by atoms with E-state index in [0.29, 0.717) is 18.5 Å². The highest BCUT2D eigenvalue weighted by molar-refractivity contribution is 5.38. The third kappa shape index (κ3) is 2.46. The summed E-state index contributed by atoms with van der Waals surface area (Å²) in [5, 5.41) is 3.49. The van der Waals surface area contributed by atoms with Crippen molar-refractivity contribution < 1.29 is 4.74 Å². The number of fused-ring (bicyclic) bond motifs is 1. The Morgan fingerprint density at radius 3 is 3.00 bits per heavy atom. The van der Waals surface area contributed by atoms with Crippen LogP contribution in [0.5, 0.6) is 5.88 Å². The molecule has 20 heavy (non-hydrogen) atoms. The van der Waals surface area contributed by atoms with Gasteiger partial charge in [-0.25, -0.2) is 4.98 Å². The van der Waals surface area contributed by atoms with Crippen LogP contribution in [0, 0.1) is 18.8 Å². The lowest BCUT2D eigenvalue weighted by atomic mass is 9.95. The number of anilines is 1. The van der Waals surface area contributed by atoms with Crippen LogP contribution in [0.15, 0.2) is 6.07 Å². The number of aryl methyl sites for hydroxylation is 1. The maximum Gasteiger partial charge on any atom is 0.229 e. The van der Waals surface area contributed by atoms with Crippen molar-refractivity contribution >= 4 is 5.95 Å². The topological polar surface area (TPSA) is 50.3 Å². The van der Waals surface area contributed by atoms with Gasteiger partial charge in [0.05, 0.1) is 6.61 Å². The first-order valence-corrected chi connectivity index (χ1v) is 7.65. The Kier molecular flexibility index (Phi) is 3.78. The molecule has 2 saturated heterocycles. The van der Waals surface area contributed by atoms with Gasteiger partial charge < -0.3 is 15.0 Å². The first kappa shape index (κ1) is 13.6. The zero-order chi connectivity index (χ0) is 14.1. The summed E-state index contributed by atoms with van der Waals surface area (Å²) < 4.78 is 5.68. The first-order valence-electron chi connectivity index (χ1n) is 7.65. The molecule has 1 aromatic rings. The quantitative estimate of drug-likeness (QED) is 0.905. The summed E-state index contributed by atoms with van der Waals surface area (Å²) in [5.74, 6) is 2.99. The molecule has 2 fully saturated rings. The van der Waals surface area contributed by atoms with Crippen LogP contribution in [-0.4, -0.2) is 42.3 Å². The molecule has 3 atom stereocenters. The fourth-order valence-electron chi connectivity index (χ4n) is 3.37. The fourth-order valence-corrected chi connectivity index (χ4v) is 3.37. The van der Waals surface area contributed by atoms with E-state index in [9.17, 15) is 0 Å². The van der Waals surface area contributed by atoms with Gasteiger partial charge in [0.25, 0.3) is 0 Å². The van der Waals surface area contributed by atoms with Gasteiger partial charge >= 0.3 is 0 Å². The lowest BCUT2D eigenvalue weighted by Crippen LogP contribution is -2.34. The normalized spacial score (nSPS) is 28.8. The third-order valence-electron chi connectivity index (χ3n) is 4.46. The van der Waals surface area contributed by atoms with Crippen LogP contribution in [0.2, 0.25) is 0 Å². The summed E-state index contributed by atoms with van der Waals surface area (Å²) >= 11 is 0. The Bertz CT molecular complexity index is 479. The molecule has 0 amide bonds. The van der Waals surface area contributed by atoms with Crippen molar-refractivity contribution in [2.75, 3.05) is 31.1 Å². The van der Waals surface area contributed by atoms with E-state index in [2.05, 4.69) is 34.0 Å². The van der Waals surface area contributed by atoms with Crippen LogP contribution < -0.4 is 15.0 Å². The van der Waals surface area contributed by atoms with E-state index in [1.807, 2.05) is 13.0 Å². The van der Waals surface area contributed by atoms with Crippen molar-refractivity contribution in [3.63, 3.8) is 0 Å². The number of nitrogens with zero attached hydrogens (tertiary/aromatic N) is 3. The maximum atomic E-state index is 5.68. The van der Waals surface area contributed by atoms with E-state index in [1.165, 1.54) is 0 Å². The predicted octanol–water partition coefficient (Wildman–Crippen LogP) is 1.62. The molecule has 3 heterocycles. The van der Waals surface area contributed by atoms with Gasteiger partial charge in [-0.15, -0.1) is 0 Å². The van der Waals surface area contributed by atoms with E-state index < -0.39 is 0 Å². The van der Waals surface area contributed by atoms with Crippen LogP contribution in [-0.2, 0) is 0 Å². The predicted molar refractivity (Wildman–Crippen MR) is 79.2 cm³/mol. The van der Waals surface area contributed by atoms with Gasteiger partial charge in [-0.2, -0.15) is 4.98 Å². The summed E-state index contributed by atoms with van der Waals surface area (Å²) in [6.45, 7) is 10.4. The Hall–Kier alpha value is -1.36. The molecule has 0 radical (unpaired) electrons. The first-order chi connectivity index (χ1) is 9.69. The molecule has 0 aromatic carbocycles. The van der Waals surface area contributed by atoms with Crippen molar-refractivity contribution in [1.82, 2.24) is 15.3 Å². The lowest BCUT2D eigenvalue weighted by molar-refractivity contribution is 0.304. The zero-order valence-electron chi connectivity index (χ0n) is 12.6. The number of rotatable bonds is 4. The number of ether oxygens (including phenoxy) is 1. The molecule has 0 spiro atoms. The molecule has 2 aliphatic rings. The van der Waals surface area contributed by atoms with Gasteiger partial charge in [0, 0.05) is 37.4 Å². The molecule has 3 rings (SSSR count). The minimum absolute atomic E-state index is 0.496. The Morgan fingerprint density at radius 2 is 2.25 bits per heavy atom. The molecule has 3 unspecified atom stereocenters. The van der Waals surface area contributed by atoms with Crippen molar-refractivity contribution in [2.24, 2.45) is 11.8 Å². The molecule has 0 aliphatic carbocycles. The number of aromatic nitrogens is 2. The minimum Gasteiger partial charge on any atom is -0.478 e. The van der Waals surface area contributed by atoms with E-state index >= 15 is 0 Å². The third-order valence-corrected chi connectivity index (χ3v) is 4.46. The molecule has 1 aromatic heterocycles. The monoisotopic (exact) mass is 276 g/mol. The number of hydrogen-bond donors (Lipinski definition) is 1. The van der Waals surface area contributed by atoms with Gasteiger partial charge in [-0.1, -0.05) is 6.92 Å². The lowest BCUT2D eigenvalue weighted by Gasteiger charge is -2.25. The largest absolute Gasteiger partial charge is 0.478 e. The summed E-state index contributed by atoms with van der Waals surface area (Å²) in [7, 11) is 0. The van der Waals surface area contributed by atoms with Gasteiger partial charge in [0.15, 0.2) is 0 Å². The van der Waals surface area contributed by atoms with Gasteiger partial charge in [-0.05, 0) is 32.1 Å². The average molecular weight is 276 g/mol. The van der Waals surface area contributed by atoms with Crippen LogP contribution in [0.4, 0.5) is 5.95 Å². The summed E-state index contributed by atoms with van der Waals surface area (Å²) in [4.78, 5) is 11.6. The zero-order valence-corrected chi connectivity index (χ0v) is 12.6. The fraction of sp³-hybridized carbons (Fsp3) is 0.733. The Labute approximate surface area is 120 Å². The van der Waals surface area contributed by atoms with Gasteiger partial charge in [0.1, 0.15) is 0 Å². The molecule has 1 N–H and O–H groups in total. The van der Waals surface area contributed by atoms with E-state index in [0.717, 1.165) is 49.5 Å². The Balaban J connectivity index is 1.81. The van der Waals surface area contributed by atoms with Gasteiger partial charge in [-0.3, -0.25) is 0 Å². The van der Waals surface area contributed by atoms with Gasteiger partial charge in [0.2, 0.25) is 11.8 Å². The molecular weight excluding hydrogens is 252 g/mol. The Morgan fingerprint density at radius 1 is 1.40 bits per heavy atom. The van der Waals surface area contributed by atoms with Crippen molar-refractivity contribution in [2.45, 2.75) is 33.2 Å². The van der Waals surface area contributed by atoms with Crippen molar-refractivity contribution in [3.05, 3.63) is 11.8 Å². The summed E-state index contributed by atoms with van der Waals surface area (Å²) in [5.41, 5.74) is 0.975.